The minimum Gasteiger partial charge on any atom is -0.495 e. The van der Waals surface area contributed by atoms with Crippen LogP contribution in [0.2, 0.25) is 10.0 Å². The van der Waals surface area contributed by atoms with Gasteiger partial charge in [0.05, 0.1) is 19.2 Å². The van der Waals surface area contributed by atoms with Crippen molar-refractivity contribution in [3.8, 4) is 16.2 Å². The number of benzene rings is 1. The van der Waals surface area contributed by atoms with E-state index in [2.05, 4.69) is 0 Å². The first-order valence-electron chi connectivity index (χ1n) is 5.28. The molecule has 0 spiro atoms. The van der Waals surface area contributed by atoms with Crippen LogP contribution in [0, 0.1) is 0 Å². The Morgan fingerprint density at radius 3 is 2.53 bits per heavy atom. The van der Waals surface area contributed by atoms with Crippen LogP contribution in [-0.4, -0.2) is 20.2 Å². The van der Waals surface area contributed by atoms with Crippen LogP contribution in [0.4, 0.5) is 0 Å². The van der Waals surface area contributed by atoms with Gasteiger partial charge in [-0.2, -0.15) is 0 Å². The number of ether oxygens (including phenoxy) is 2. The average molecular weight is 317 g/mol. The Kier molecular flexibility index (Phi) is 4.34. The van der Waals surface area contributed by atoms with Crippen molar-refractivity contribution in [2.24, 2.45) is 0 Å². The van der Waals surface area contributed by atoms with Gasteiger partial charge in [-0.25, -0.2) is 4.79 Å². The molecular weight excluding hydrogens is 307 g/mol. The van der Waals surface area contributed by atoms with E-state index < -0.39 is 5.97 Å². The Balaban J connectivity index is 2.51. The Labute approximate surface area is 124 Å². The molecule has 1 aromatic heterocycles. The fourth-order valence-electron chi connectivity index (χ4n) is 1.58. The van der Waals surface area contributed by atoms with Crippen LogP contribution >= 0.6 is 34.5 Å². The minimum atomic E-state index is -0.432. The van der Waals surface area contributed by atoms with Crippen LogP contribution < -0.4 is 4.74 Å². The van der Waals surface area contributed by atoms with Crippen LogP contribution in [0.5, 0.6) is 5.75 Å². The average Bonchev–Trinajstić information content (AvgIpc) is 2.81. The number of methoxy groups -OCH3 is 2. The Morgan fingerprint density at radius 1 is 1.21 bits per heavy atom. The maximum Gasteiger partial charge on any atom is 0.351 e. The molecule has 0 bridgehead atoms. The lowest BCUT2D eigenvalue weighted by Crippen LogP contribution is -1.99. The zero-order valence-electron chi connectivity index (χ0n) is 10.2. The molecule has 0 unspecified atom stereocenters. The number of thiophene rings is 1. The number of esters is 1. The molecule has 0 N–H and O–H groups in total. The first-order valence-corrected chi connectivity index (χ1v) is 6.85. The highest BCUT2D eigenvalue weighted by atomic mass is 35.5. The SMILES string of the molecule is COC(=O)c1sc(-c2ccc(Cl)cc2Cl)cc1OC. The number of hydrogen-bond donors (Lipinski definition) is 0. The Morgan fingerprint density at radius 2 is 1.95 bits per heavy atom. The molecule has 0 radical (unpaired) electrons. The minimum absolute atomic E-state index is 0.408. The molecule has 0 aliphatic heterocycles. The standard InChI is InChI=1S/C13H10Cl2O3S/c1-17-10-6-11(19-12(10)13(16)18-2)8-4-3-7(14)5-9(8)15/h3-6H,1-2H3. The molecule has 0 amide bonds. The van der Waals surface area contributed by atoms with E-state index in [1.54, 1.807) is 24.3 Å². The van der Waals surface area contributed by atoms with Crippen molar-refractivity contribution < 1.29 is 14.3 Å². The van der Waals surface area contributed by atoms with Crippen molar-refractivity contribution in [2.45, 2.75) is 0 Å². The van der Waals surface area contributed by atoms with E-state index in [0.29, 0.717) is 20.7 Å². The molecule has 1 heterocycles. The molecule has 1 aromatic carbocycles. The van der Waals surface area contributed by atoms with Crippen LogP contribution in [0.15, 0.2) is 24.3 Å². The second kappa shape index (κ2) is 5.82. The summed E-state index contributed by atoms with van der Waals surface area (Å²) in [5, 5.41) is 1.08. The topological polar surface area (TPSA) is 35.5 Å². The van der Waals surface area contributed by atoms with E-state index in [-0.39, 0.29) is 0 Å². The highest BCUT2D eigenvalue weighted by Crippen LogP contribution is 2.40. The molecule has 0 aliphatic rings. The van der Waals surface area contributed by atoms with E-state index in [4.69, 9.17) is 32.7 Å². The highest BCUT2D eigenvalue weighted by molar-refractivity contribution is 7.17. The predicted molar refractivity (Wildman–Crippen MR) is 77.7 cm³/mol. The predicted octanol–water partition coefficient (Wildman–Crippen LogP) is 4.52. The van der Waals surface area contributed by atoms with E-state index in [1.807, 2.05) is 0 Å². The first kappa shape index (κ1) is 14.2. The summed E-state index contributed by atoms with van der Waals surface area (Å²) in [6.45, 7) is 0. The van der Waals surface area contributed by atoms with Gasteiger partial charge < -0.3 is 9.47 Å². The number of carbonyl (C=O) groups excluding carboxylic acids is 1. The zero-order chi connectivity index (χ0) is 14.0. The second-order valence-electron chi connectivity index (χ2n) is 3.62. The third-order valence-corrected chi connectivity index (χ3v) is 4.16. The molecule has 0 aliphatic carbocycles. The van der Waals surface area contributed by atoms with E-state index >= 15 is 0 Å². The molecule has 6 heteroatoms. The Hall–Kier alpha value is -1.23. The monoisotopic (exact) mass is 316 g/mol. The molecular formula is C13H10Cl2O3S. The maximum atomic E-state index is 11.6. The summed E-state index contributed by atoms with van der Waals surface area (Å²) in [7, 11) is 2.83. The molecule has 2 aromatic rings. The largest absolute Gasteiger partial charge is 0.495 e. The van der Waals surface area contributed by atoms with Crippen LogP contribution in [0.25, 0.3) is 10.4 Å². The van der Waals surface area contributed by atoms with Gasteiger partial charge in [0.15, 0.2) is 4.88 Å². The third kappa shape index (κ3) is 2.86. The summed E-state index contributed by atoms with van der Waals surface area (Å²) in [6, 6.07) is 6.96. The van der Waals surface area contributed by atoms with Crippen LogP contribution in [0.3, 0.4) is 0 Å². The third-order valence-electron chi connectivity index (χ3n) is 2.49. The summed E-state index contributed by atoms with van der Waals surface area (Å²) in [6.07, 6.45) is 0. The number of halogens is 2. The lowest BCUT2D eigenvalue weighted by Gasteiger charge is -2.01. The van der Waals surface area contributed by atoms with Crippen molar-refractivity contribution in [3.05, 3.63) is 39.2 Å². The van der Waals surface area contributed by atoms with E-state index in [9.17, 15) is 4.79 Å². The van der Waals surface area contributed by atoms with Crippen LogP contribution in [-0.2, 0) is 4.74 Å². The number of carbonyl (C=O) groups is 1. The first-order chi connectivity index (χ1) is 9.06. The number of hydrogen-bond acceptors (Lipinski definition) is 4. The molecule has 0 atom stereocenters. The molecule has 3 nitrogen and oxygen atoms in total. The van der Waals surface area contributed by atoms with Crippen LogP contribution in [0.1, 0.15) is 9.67 Å². The van der Waals surface area contributed by atoms with Crippen molar-refractivity contribution in [1.82, 2.24) is 0 Å². The van der Waals surface area contributed by atoms with Crippen molar-refractivity contribution >= 4 is 40.5 Å². The molecule has 0 saturated carbocycles. The highest BCUT2D eigenvalue weighted by Gasteiger charge is 2.19. The summed E-state index contributed by atoms with van der Waals surface area (Å²) < 4.78 is 9.89. The molecule has 19 heavy (non-hydrogen) atoms. The lowest BCUT2D eigenvalue weighted by atomic mass is 10.2. The van der Waals surface area contributed by atoms with Gasteiger partial charge in [0, 0.05) is 15.5 Å². The fourth-order valence-corrected chi connectivity index (χ4v) is 3.23. The second-order valence-corrected chi connectivity index (χ2v) is 5.52. The van der Waals surface area contributed by atoms with Gasteiger partial charge >= 0.3 is 5.97 Å². The zero-order valence-corrected chi connectivity index (χ0v) is 12.5. The van der Waals surface area contributed by atoms with Crippen molar-refractivity contribution in [2.75, 3.05) is 14.2 Å². The van der Waals surface area contributed by atoms with Gasteiger partial charge in [0.25, 0.3) is 0 Å². The fraction of sp³-hybridized carbons (Fsp3) is 0.154. The normalized spacial score (nSPS) is 10.3. The summed E-state index contributed by atoms with van der Waals surface area (Å²) in [4.78, 5) is 12.9. The maximum absolute atomic E-state index is 11.6. The van der Waals surface area contributed by atoms with Crippen molar-refractivity contribution in [1.29, 1.82) is 0 Å². The summed E-state index contributed by atoms with van der Waals surface area (Å²) in [5.41, 5.74) is 0.796. The van der Waals surface area contributed by atoms with E-state index in [1.165, 1.54) is 25.6 Å². The van der Waals surface area contributed by atoms with E-state index in [0.717, 1.165) is 10.4 Å². The molecule has 0 saturated heterocycles. The molecule has 2 rings (SSSR count). The smallest absolute Gasteiger partial charge is 0.351 e. The summed E-state index contributed by atoms with van der Waals surface area (Å²) >= 11 is 13.3. The lowest BCUT2D eigenvalue weighted by molar-refractivity contribution is 0.0603. The van der Waals surface area contributed by atoms with Gasteiger partial charge in [-0.05, 0) is 18.2 Å². The van der Waals surface area contributed by atoms with Crippen molar-refractivity contribution in [3.63, 3.8) is 0 Å². The van der Waals surface area contributed by atoms with Gasteiger partial charge in [-0.1, -0.05) is 29.3 Å². The van der Waals surface area contributed by atoms with Gasteiger partial charge in [0.1, 0.15) is 5.75 Å². The Bertz CT molecular complexity index is 622. The summed E-state index contributed by atoms with van der Waals surface area (Å²) in [5.74, 6) is 0.0380. The quantitative estimate of drug-likeness (QED) is 0.781. The number of rotatable bonds is 3. The van der Waals surface area contributed by atoms with Gasteiger partial charge in [-0.3, -0.25) is 0 Å². The molecule has 100 valence electrons. The van der Waals surface area contributed by atoms with Gasteiger partial charge in [-0.15, -0.1) is 11.3 Å². The van der Waals surface area contributed by atoms with Gasteiger partial charge in [0.2, 0.25) is 0 Å². The molecule has 0 fully saturated rings.